The molecule has 6 nitrogen and oxygen atoms in total. The Kier molecular flexibility index (Phi) is 3.98. The zero-order valence-electron chi connectivity index (χ0n) is 15.5. The molecule has 0 fully saturated rings. The summed E-state index contributed by atoms with van der Waals surface area (Å²) in [5.41, 5.74) is 0.817. The van der Waals surface area contributed by atoms with E-state index >= 15 is 0 Å². The first kappa shape index (κ1) is 17.3. The van der Waals surface area contributed by atoms with Crippen molar-refractivity contribution in [1.82, 2.24) is 0 Å². The normalized spacial score (nSPS) is 17.7. The molecule has 0 saturated carbocycles. The molecular weight excluding hydrogens is 370 g/mol. The summed E-state index contributed by atoms with van der Waals surface area (Å²) in [6, 6.07) is 19.8. The minimum atomic E-state index is -0.968. The fourth-order valence-corrected chi connectivity index (χ4v) is 3.73. The Bertz CT molecular complexity index is 1270. The van der Waals surface area contributed by atoms with Gasteiger partial charge in [-0.05, 0) is 43.3 Å². The molecule has 0 spiro atoms. The molecule has 2 aromatic carbocycles. The highest BCUT2D eigenvalue weighted by Gasteiger charge is 2.45. The summed E-state index contributed by atoms with van der Waals surface area (Å²) >= 11 is 0. The third-order valence-corrected chi connectivity index (χ3v) is 5.02. The molecule has 0 radical (unpaired) electrons. The molecule has 0 bridgehead atoms. The summed E-state index contributed by atoms with van der Waals surface area (Å²) in [5, 5.41) is 3.50. The van der Waals surface area contributed by atoms with Gasteiger partial charge < -0.3 is 18.9 Å². The Morgan fingerprint density at radius 1 is 0.931 bits per heavy atom. The molecule has 0 aliphatic carbocycles. The van der Waals surface area contributed by atoms with E-state index in [1.54, 1.807) is 42.5 Å². The number of carbonyl (C=O) groups is 1. The van der Waals surface area contributed by atoms with Crippen molar-refractivity contribution in [3.63, 3.8) is 0 Å². The number of anilines is 1. The molecule has 1 aliphatic rings. The summed E-state index contributed by atoms with van der Waals surface area (Å²) in [7, 11) is 0. The lowest BCUT2D eigenvalue weighted by molar-refractivity contribution is -0.122. The summed E-state index contributed by atoms with van der Waals surface area (Å²) in [4.78, 5) is 25.9. The van der Waals surface area contributed by atoms with E-state index in [9.17, 15) is 9.59 Å². The first-order valence-corrected chi connectivity index (χ1v) is 9.26. The Morgan fingerprint density at radius 3 is 2.45 bits per heavy atom. The van der Waals surface area contributed by atoms with E-state index in [2.05, 4.69) is 5.32 Å². The molecule has 29 heavy (non-hydrogen) atoms. The molecule has 6 heteroatoms. The van der Waals surface area contributed by atoms with Crippen LogP contribution in [0.2, 0.25) is 0 Å². The van der Waals surface area contributed by atoms with Crippen LogP contribution in [-0.2, 0) is 4.79 Å². The molecular formula is C23H17NO5. The van der Waals surface area contributed by atoms with E-state index in [0.717, 1.165) is 0 Å². The van der Waals surface area contributed by atoms with Crippen molar-refractivity contribution in [3.8, 4) is 5.75 Å². The van der Waals surface area contributed by atoms with E-state index < -0.39 is 17.6 Å². The van der Waals surface area contributed by atoms with E-state index in [-0.39, 0.29) is 5.91 Å². The zero-order chi connectivity index (χ0) is 20.0. The Balaban J connectivity index is 1.64. The number of hydrogen-bond donors (Lipinski definition) is 1. The van der Waals surface area contributed by atoms with Crippen molar-refractivity contribution in [3.05, 3.63) is 94.2 Å². The van der Waals surface area contributed by atoms with Crippen LogP contribution in [0.1, 0.15) is 23.0 Å². The first-order chi connectivity index (χ1) is 14.1. The second kappa shape index (κ2) is 6.67. The quantitative estimate of drug-likeness (QED) is 0.532. The molecule has 1 aliphatic heterocycles. The van der Waals surface area contributed by atoms with Gasteiger partial charge in [0.15, 0.2) is 6.10 Å². The summed E-state index contributed by atoms with van der Waals surface area (Å²) in [5.74, 6) is 0.459. The second-order valence-corrected chi connectivity index (χ2v) is 6.95. The monoisotopic (exact) mass is 387 g/mol. The number of hydrogen-bond acceptors (Lipinski definition) is 5. The minimum Gasteiger partial charge on any atom is -0.478 e. The number of aryl methyl sites for hydroxylation is 1. The molecule has 2 atom stereocenters. The number of para-hydroxylation sites is 2. The minimum absolute atomic E-state index is 0.297. The van der Waals surface area contributed by atoms with Gasteiger partial charge in [0, 0.05) is 5.69 Å². The Morgan fingerprint density at radius 2 is 1.69 bits per heavy atom. The van der Waals surface area contributed by atoms with Crippen LogP contribution in [0.3, 0.4) is 0 Å². The predicted molar refractivity (Wildman–Crippen MR) is 107 cm³/mol. The predicted octanol–water partition coefficient (Wildman–Crippen LogP) is 4.23. The average molecular weight is 387 g/mol. The molecule has 5 rings (SSSR count). The van der Waals surface area contributed by atoms with Gasteiger partial charge in [-0.1, -0.05) is 30.3 Å². The van der Waals surface area contributed by atoms with Gasteiger partial charge in [-0.3, -0.25) is 4.79 Å². The van der Waals surface area contributed by atoms with Gasteiger partial charge in [0.1, 0.15) is 22.9 Å². The van der Waals surface area contributed by atoms with Crippen LogP contribution in [-0.4, -0.2) is 12.0 Å². The second-order valence-electron chi connectivity index (χ2n) is 6.95. The number of benzene rings is 2. The lowest BCUT2D eigenvalue weighted by Gasteiger charge is -2.16. The molecule has 4 aromatic rings. The molecule has 3 heterocycles. The van der Waals surface area contributed by atoms with Gasteiger partial charge in [-0.15, -0.1) is 0 Å². The number of carbonyl (C=O) groups excluding carboxylic acids is 1. The van der Waals surface area contributed by atoms with Crippen LogP contribution in [0.4, 0.5) is 5.69 Å². The summed E-state index contributed by atoms with van der Waals surface area (Å²) in [6.07, 6.45) is -0.968. The van der Waals surface area contributed by atoms with Crippen molar-refractivity contribution in [1.29, 1.82) is 0 Å². The molecule has 1 amide bonds. The number of amides is 1. The van der Waals surface area contributed by atoms with Crippen molar-refractivity contribution in [2.24, 2.45) is 0 Å². The molecule has 144 valence electrons. The van der Waals surface area contributed by atoms with E-state index in [1.165, 1.54) is 0 Å². The van der Waals surface area contributed by atoms with E-state index in [1.807, 2.05) is 31.2 Å². The standard InChI is InChI=1S/C23H17NO5/c1-13-11-12-17(27-13)18-19-20(15-9-5-6-10-16(15)28-23(19)26)29-21(18)22(25)24-14-7-3-2-4-8-14/h2-12,18,21H,1H3,(H,24,25)/t18-,21+/m1/s1. The molecule has 0 saturated heterocycles. The SMILES string of the molecule is Cc1ccc([C@@H]2c3c(c4ccccc4oc3=O)O[C@@H]2C(=O)Nc2ccccc2)o1. The fraction of sp³-hybridized carbons (Fsp3) is 0.130. The number of fused-ring (bicyclic) bond motifs is 3. The Hall–Kier alpha value is -3.80. The number of nitrogens with one attached hydrogen (secondary N) is 1. The van der Waals surface area contributed by atoms with E-state index in [4.69, 9.17) is 13.6 Å². The summed E-state index contributed by atoms with van der Waals surface area (Å²) in [6.45, 7) is 1.81. The maximum atomic E-state index is 13.1. The summed E-state index contributed by atoms with van der Waals surface area (Å²) < 4.78 is 17.4. The van der Waals surface area contributed by atoms with Gasteiger partial charge in [-0.2, -0.15) is 0 Å². The van der Waals surface area contributed by atoms with Crippen LogP contribution in [0, 0.1) is 6.92 Å². The lowest BCUT2D eigenvalue weighted by atomic mass is 9.93. The smallest absolute Gasteiger partial charge is 0.344 e. The maximum absolute atomic E-state index is 13.1. The number of ether oxygens (including phenoxy) is 1. The first-order valence-electron chi connectivity index (χ1n) is 9.26. The van der Waals surface area contributed by atoms with Crippen molar-refractivity contribution in [2.45, 2.75) is 18.9 Å². The topological polar surface area (TPSA) is 81.7 Å². The average Bonchev–Trinajstić information content (AvgIpc) is 3.33. The van der Waals surface area contributed by atoms with Gasteiger partial charge in [-0.25, -0.2) is 4.79 Å². The van der Waals surface area contributed by atoms with Crippen LogP contribution in [0.5, 0.6) is 5.75 Å². The maximum Gasteiger partial charge on any atom is 0.344 e. The van der Waals surface area contributed by atoms with Crippen LogP contribution < -0.4 is 15.7 Å². The third-order valence-electron chi connectivity index (χ3n) is 5.02. The highest BCUT2D eigenvalue weighted by atomic mass is 16.5. The Labute approximate surface area is 165 Å². The molecule has 1 N–H and O–H groups in total. The van der Waals surface area contributed by atoms with Crippen molar-refractivity contribution < 1.29 is 18.4 Å². The van der Waals surface area contributed by atoms with Crippen LogP contribution in [0.15, 0.2) is 80.4 Å². The highest BCUT2D eigenvalue weighted by Crippen LogP contribution is 2.44. The third kappa shape index (κ3) is 2.89. The van der Waals surface area contributed by atoms with Gasteiger partial charge >= 0.3 is 5.63 Å². The van der Waals surface area contributed by atoms with Gasteiger partial charge in [0.25, 0.3) is 5.91 Å². The number of furan rings is 1. The lowest BCUT2D eigenvalue weighted by Crippen LogP contribution is -2.35. The largest absolute Gasteiger partial charge is 0.478 e. The highest BCUT2D eigenvalue weighted by molar-refractivity contribution is 5.97. The van der Waals surface area contributed by atoms with Crippen LogP contribution >= 0.6 is 0 Å². The van der Waals surface area contributed by atoms with Gasteiger partial charge in [0.2, 0.25) is 0 Å². The zero-order valence-corrected chi connectivity index (χ0v) is 15.5. The van der Waals surface area contributed by atoms with E-state index in [0.29, 0.717) is 39.5 Å². The van der Waals surface area contributed by atoms with Crippen molar-refractivity contribution >= 4 is 22.6 Å². The fourth-order valence-electron chi connectivity index (χ4n) is 3.73. The van der Waals surface area contributed by atoms with Crippen molar-refractivity contribution in [2.75, 3.05) is 5.32 Å². The van der Waals surface area contributed by atoms with Crippen LogP contribution in [0.25, 0.3) is 11.0 Å². The number of rotatable bonds is 3. The van der Waals surface area contributed by atoms with Gasteiger partial charge in [0.05, 0.1) is 16.9 Å². The molecule has 0 unspecified atom stereocenters. The molecule has 2 aromatic heterocycles.